The van der Waals surface area contributed by atoms with Crippen molar-refractivity contribution >= 4 is 6.03 Å². The molecule has 24 heavy (non-hydrogen) atoms. The zero-order valence-electron chi connectivity index (χ0n) is 14.5. The average molecular weight is 327 g/mol. The van der Waals surface area contributed by atoms with Crippen molar-refractivity contribution in [3.8, 4) is 0 Å². The molecule has 2 saturated carbocycles. The largest absolute Gasteiger partial charge is 0.335 e. The predicted molar refractivity (Wildman–Crippen MR) is 95.9 cm³/mol. The van der Waals surface area contributed by atoms with E-state index in [0.717, 1.165) is 38.5 Å². The summed E-state index contributed by atoms with van der Waals surface area (Å²) in [6.07, 6.45) is 8.77. The molecule has 1 unspecified atom stereocenters. The third-order valence-electron chi connectivity index (χ3n) is 5.85. The van der Waals surface area contributed by atoms with Gasteiger partial charge in [0.2, 0.25) is 0 Å². The van der Waals surface area contributed by atoms with E-state index in [1.807, 2.05) is 0 Å². The molecule has 1 aromatic rings. The molecule has 1 N–H and O–H groups in total. The normalized spacial score (nSPS) is 26.3. The summed E-state index contributed by atoms with van der Waals surface area (Å²) in [6.45, 7) is 2.84. The molecule has 1 atom stereocenters. The maximum absolute atomic E-state index is 12.9. The van der Waals surface area contributed by atoms with Gasteiger partial charge in [-0.2, -0.15) is 0 Å². The monoisotopic (exact) mass is 327 g/mol. The molecule has 1 saturated heterocycles. The minimum Gasteiger partial charge on any atom is -0.335 e. The molecule has 1 aromatic carbocycles. The summed E-state index contributed by atoms with van der Waals surface area (Å²) in [6, 6.07) is 12.0. The fraction of sp³-hybridized carbons (Fsp3) is 0.650. The van der Waals surface area contributed by atoms with E-state index in [1.165, 1.54) is 37.7 Å². The molecule has 0 aromatic heterocycles. The third-order valence-corrected chi connectivity index (χ3v) is 5.85. The van der Waals surface area contributed by atoms with Crippen molar-refractivity contribution in [3.63, 3.8) is 0 Å². The first-order valence-corrected chi connectivity index (χ1v) is 9.67. The summed E-state index contributed by atoms with van der Waals surface area (Å²) >= 11 is 0. The molecule has 0 bridgehead atoms. The zero-order chi connectivity index (χ0) is 16.4. The second-order valence-electron chi connectivity index (χ2n) is 7.63. The van der Waals surface area contributed by atoms with Crippen LogP contribution in [0.3, 0.4) is 0 Å². The van der Waals surface area contributed by atoms with Gasteiger partial charge >= 0.3 is 6.03 Å². The molecule has 0 spiro atoms. The Balaban J connectivity index is 1.47. The van der Waals surface area contributed by atoms with E-state index in [1.54, 1.807) is 0 Å². The van der Waals surface area contributed by atoms with Gasteiger partial charge in [0.05, 0.1) is 6.04 Å². The van der Waals surface area contributed by atoms with Crippen LogP contribution in [0.1, 0.15) is 56.6 Å². The lowest BCUT2D eigenvalue weighted by Crippen LogP contribution is -2.55. The first-order chi connectivity index (χ1) is 11.8. The van der Waals surface area contributed by atoms with Gasteiger partial charge in [-0.25, -0.2) is 4.79 Å². The van der Waals surface area contributed by atoms with E-state index in [0.29, 0.717) is 6.04 Å². The zero-order valence-corrected chi connectivity index (χ0v) is 14.5. The molecule has 2 aliphatic carbocycles. The summed E-state index contributed by atoms with van der Waals surface area (Å²) in [5.41, 5.74) is 1.27. The number of carbonyl (C=O) groups excluding carboxylic acids is 1. The van der Waals surface area contributed by atoms with E-state index in [-0.39, 0.29) is 12.1 Å². The summed E-state index contributed by atoms with van der Waals surface area (Å²) in [5, 5.41) is 3.32. The van der Waals surface area contributed by atoms with Crippen LogP contribution in [0, 0.1) is 0 Å². The highest BCUT2D eigenvalue weighted by Crippen LogP contribution is 2.33. The number of nitrogens with one attached hydrogen (secondary N) is 1. The Morgan fingerprint density at radius 1 is 0.958 bits per heavy atom. The Morgan fingerprint density at radius 3 is 2.42 bits per heavy atom. The third kappa shape index (κ3) is 3.59. The quantitative estimate of drug-likeness (QED) is 0.921. The Kier molecular flexibility index (Phi) is 4.74. The summed E-state index contributed by atoms with van der Waals surface area (Å²) in [5.74, 6) is 0. The number of piperazine rings is 1. The van der Waals surface area contributed by atoms with Crippen LogP contribution in [-0.2, 0) is 0 Å². The van der Waals surface area contributed by atoms with E-state index < -0.39 is 0 Å². The smallest absolute Gasteiger partial charge is 0.318 e. The number of rotatable bonds is 3. The Morgan fingerprint density at radius 2 is 1.71 bits per heavy atom. The lowest BCUT2D eigenvalue weighted by molar-refractivity contribution is 0.0869. The minimum absolute atomic E-state index is 0.145. The van der Waals surface area contributed by atoms with E-state index >= 15 is 0 Å². The van der Waals surface area contributed by atoms with Gasteiger partial charge in [0.1, 0.15) is 0 Å². The first kappa shape index (κ1) is 15.9. The van der Waals surface area contributed by atoms with Gasteiger partial charge in [-0.05, 0) is 31.2 Å². The molecule has 130 valence electrons. The van der Waals surface area contributed by atoms with Gasteiger partial charge in [0, 0.05) is 31.7 Å². The summed E-state index contributed by atoms with van der Waals surface area (Å²) in [4.78, 5) is 17.6. The topological polar surface area (TPSA) is 35.6 Å². The average Bonchev–Trinajstić information content (AvgIpc) is 3.48. The number of nitrogens with zero attached hydrogens (tertiary/aromatic N) is 2. The van der Waals surface area contributed by atoms with Gasteiger partial charge in [0.25, 0.3) is 0 Å². The van der Waals surface area contributed by atoms with Crippen LogP contribution in [0.25, 0.3) is 0 Å². The SMILES string of the molecule is O=C(NC1CCCCC1)N1CCN(C2CC2)CC1c1ccccc1. The molecule has 2 amide bonds. The first-order valence-electron chi connectivity index (χ1n) is 9.67. The van der Waals surface area contributed by atoms with Crippen molar-refractivity contribution in [2.75, 3.05) is 19.6 Å². The lowest BCUT2D eigenvalue weighted by atomic mass is 9.95. The van der Waals surface area contributed by atoms with Crippen LogP contribution < -0.4 is 5.32 Å². The van der Waals surface area contributed by atoms with Crippen molar-refractivity contribution in [3.05, 3.63) is 35.9 Å². The molecule has 4 nitrogen and oxygen atoms in total. The lowest BCUT2D eigenvalue weighted by Gasteiger charge is -2.42. The van der Waals surface area contributed by atoms with Crippen molar-refractivity contribution < 1.29 is 4.79 Å². The second kappa shape index (κ2) is 7.14. The molecular weight excluding hydrogens is 298 g/mol. The number of carbonyl (C=O) groups is 1. The molecule has 3 aliphatic rings. The number of hydrogen-bond donors (Lipinski definition) is 1. The predicted octanol–water partition coefficient (Wildman–Crippen LogP) is 3.55. The number of urea groups is 1. The van der Waals surface area contributed by atoms with Gasteiger partial charge in [0.15, 0.2) is 0 Å². The van der Waals surface area contributed by atoms with Gasteiger partial charge < -0.3 is 10.2 Å². The highest BCUT2D eigenvalue weighted by Gasteiger charge is 2.38. The van der Waals surface area contributed by atoms with Crippen molar-refractivity contribution in [2.24, 2.45) is 0 Å². The van der Waals surface area contributed by atoms with Crippen molar-refractivity contribution in [2.45, 2.75) is 63.1 Å². The Bertz CT molecular complexity index is 551. The number of hydrogen-bond acceptors (Lipinski definition) is 2. The maximum atomic E-state index is 12.9. The van der Waals surface area contributed by atoms with Gasteiger partial charge in [-0.15, -0.1) is 0 Å². The van der Waals surface area contributed by atoms with E-state index in [2.05, 4.69) is 45.4 Å². The molecule has 1 aliphatic heterocycles. The van der Waals surface area contributed by atoms with Gasteiger partial charge in [-0.1, -0.05) is 49.6 Å². The number of amides is 2. The van der Waals surface area contributed by atoms with Crippen LogP contribution in [0.15, 0.2) is 30.3 Å². The summed E-state index contributed by atoms with van der Waals surface area (Å²) in [7, 11) is 0. The Hall–Kier alpha value is -1.55. The van der Waals surface area contributed by atoms with E-state index in [4.69, 9.17) is 0 Å². The van der Waals surface area contributed by atoms with Crippen LogP contribution in [0.4, 0.5) is 4.79 Å². The fourth-order valence-electron chi connectivity index (χ4n) is 4.28. The molecule has 4 rings (SSSR count). The summed E-state index contributed by atoms with van der Waals surface area (Å²) < 4.78 is 0. The molecular formula is C20H29N3O. The minimum atomic E-state index is 0.145. The van der Waals surface area contributed by atoms with Crippen molar-refractivity contribution in [1.82, 2.24) is 15.1 Å². The fourth-order valence-corrected chi connectivity index (χ4v) is 4.28. The standard InChI is InChI=1S/C20H29N3O/c24-20(21-17-9-5-2-6-10-17)23-14-13-22(18-11-12-18)15-19(23)16-7-3-1-4-8-16/h1,3-4,7-8,17-19H,2,5-6,9-15H2,(H,21,24). The van der Waals surface area contributed by atoms with Crippen LogP contribution in [-0.4, -0.2) is 47.5 Å². The van der Waals surface area contributed by atoms with Gasteiger partial charge in [-0.3, -0.25) is 4.90 Å². The molecule has 4 heteroatoms. The highest BCUT2D eigenvalue weighted by molar-refractivity contribution is 5.75. The number of benzene rings is 1. The second-order valence-corrected chi connectivity index (χ2v) is 7.63. The Labute approximate surface area is 145 Å². The van der Waals surface area contributed by atoms with Crippen molar-refractivity contribution in [1.29, 1.82) is 0 Å². The molecule has 3 fully saturated rings. The molecule has 0 radical (unpaired) electrons. The highest BCUT2D eigenvalue weighted by atomic mass is 16.2. The molecule has 1 heterocycles. The van der Waals surface area contributed by atoms with Crippen LogP contribution in [0.2, 0.25) is 0 Å². The van der Waals surface area contributed by atoms with Crippen LogP contribution in [0.5, 0.6) is 0 Å². The van der Waals surface area contributed by atoms with Crippen LogP contribution >= 0.6 is 0 Å². The van der Waals surface area contributed by atoms with E-state index in [9.17, 15) is 4.79 Å². The maximum Gasteiger partial charge on any atom is 0.318 e.